The molecule has 4 rings (SSSR count). The maximum atomic E-state index is 14.2. The third-order valence-corrected chi connectivity index (χ3v) is 6.24. The van der Waals surface area contributed by atoms with E-state index in [4.69, 9.17) is 9.84 Å². The second-order valence-corrected chi connectivity index (χ2v) is 8.72. The molecule has 0 spiro atoms. The number of aromatic nitrogens is 2. The van der Waals surface area contributed by atoms with E-state index >= 15 is 0 Å². The summed E-state index contributed by atoms with van der Waals surface area (Å²) in [4.78, 5) is 35.7. The first-order chi connectivity index (χ1) is 16.7. The molecule has 2 saturated heterocycles. The Bertz CT molecular complexity index is 1060. The van der Waals surface area contributed by atoms with E-state index in [9.17, 15) is 18.4 Å². The lowest BCUT2D eigenvalue weighted by molar-refractivity contribution is 0.103. The van der Waals surface area contributed by atoms with Crippen molar-refractivity contribution in [3.8, 4) is 0 Å². The molecule has 2 aromatic rings. The molecule has 3 atom stereocenters. The molecular formula is C23H28F2N6O4. The van der Waals surface area contributed by atoms with Crippen LogP contribution in [0.2, 0.25) is 0 Å². The van der Waals surface area contributed by atoms with Crippen LogP contribution in [-0.2, 0) is 11.3 Å². The maximum absolute atomic E-state index is 14.2. The highest BCUT2D eigenvalue weighted by Crippen LogP contribution is 2.27. The van der Waals surface area contributed by atoms with Crippen LogP contribution in [0.15, 0.2) is 30.3 Å². The van der Waals surface area contributed by atoms with Crippen LogP contribution in [0.4, 0.5) is 30.1 Å². The largest absolute Gasteiger partial charge is 0.465 e. The summed E-state index contributed by atoms with van der Waals surface area (Å²) in [5.41, 5.74) is 2.00. The van der Waals surface area contributed by atoms with Crippen molar-refractivity contribution in [2.45, 2.75) is 38.6 Å². The minimum Gasteiger partial charge on any atom is -0.465 e. The zero-order valence-electron chi connectivity index (χ0n) is 19.5. The van der Waals surface area contributed by atoms with Crippen LogP contribution in [0.25, 0.3) is 0 Å². The van der Waals surface area contributed by atoms with Crippen LogP contribution in [0, 0.1) is 5.95 Å². The summed E-state index contributed by atoms with van der Waals surface area (Å²) in [6.07, 6.45) is -3.05. The Hall–Kier alpha value is -3.54. The van der Waals surface area contributed by atoms with Gasteiger partial charge in [-0.25, -0.2) is 14.0 Å². The van der Waals surface area contributed by atoms with Crippen molar-refractivity contribution in [1.82, 2.24) is 19.8 Å². The summed E-state index contributed by atoms with van der Waals surface area (Å²) >= 11 is 0. The van der Waals surface area contributed by atoms with Gasteiger partial charge in [0.25, 0.3) is 0 Å². The van der Waals surface area contributed by atoms with E-state index in [-0.39, 0.29) is 24.4 Å². The minimum absolute atomic E-state index is 0.0298. The fraction of sp³-hybridized carbons (Fsp3) is 0.478. The van der Waals surface area contributed by atoms with Gasteiger partial charge in [-0.2, -0.15) is 14.4 Å². The first-order valence-corrected chi connectivity index (χ1v) is 11.4. The van der Waals surface area contributed by atoms with Crippen molar-refractivity contribution in [3.63, 3.8) is 0 Å². The number of carbonyl (C=O) groups excluding carboxylic acids is 1. The first-order valence-electron chi connectivity index (χ1n) is 11.4. The second-order valence-electron chi connectivity index (χ2n) is 8.72. The van der Waals surface area contributed by atoms with E-state index in [0.717, 1.165) is 22.1 Å². The molecule has 10 nitrogen and oxygen atoms in total. The number of carboxylic acid groups (broad SMARTS) is 1. The highest BCUT2D eigenvalue weighted by molar-refractivity contribution is 5.89. The fourth-order valence-electron chi connectivity index (χ4n) is 4.18. The molecule has 0 saturated carbocycles. The number of hydrogen-bond donors (Lipinski definition) is 2. The number of nitrogens with zero attached hydrogens (tertiary/aromatic N) is 5. The molecule has 0 unspecified atom stereocenters. The van der Waals surface area contributed by atoms with Gasteiger partial charge in [0.1, 0.15) is 24.6 Å². The van der Waals surface area contributed by atoms with Crippen molar-refractivity contribution in [1.29, 1.82) is 0 Å². The van der Waals surface area contributed by atoms with Gasteiger partial charge in [-0.05, 0) is 25.0 Å². The number of rotatable bonds is 7. The molecule has 2 fully saturated rings. The van der Waals surface area contributed by atoms with Crippen LogP contribution < -0.4 is 10.2 Å². The van der Waals surface area contributed by atoms with E-state index in [1.165, 1.54) is 11.8 Å². The highest BCUT2D eigenvalue weighted by Gasteiger charge is 2.39. The second kappa shape index (κ2) is 10.4. The van der Waals surface area contributed by atoms with Gasteiger partial charge in [0, 0.05) is 38.8 Å². The summed E-state index contributed by atoms with van der Waals surface area (Å²) in [5.74, 6) is -0.951. The fourth-order valence-corrected chi connectivity index (χ4v) is 4.18. The van der Waals surface area contributed by atoms with Crippen molar-refractivity contribution in [2.75, 3.05) is 43.0 Å². The smallest absolute Gasteiger partial charge is 0.416 e. The first kappa shape index (κ1) is 24.6. The Balaban J connectivity index is 1.39. The lowest BCUT2D eigenvalue weighted by Gasteiger charge is -2.33. The predicted molar refractivity (Wildman–Crippen MR) is 124 cm³/mol. The molecule has 0 bridgehead atoms. The molecule has 1 aromatic carbocycles. The number of alkyl halides is 1. The zero-order valence-corrected chi connectivity index (χ0v) is 19.5. The molecule has 0 aliphatic carbocycles. The Morgan fingerprint density at radius 3 is 2.51 bits per heavy atom. The zero-order chi connectivity index (χ0) is 25.1. The van der Waals surface area contributed by atoms with Crippen molar-refractivity contribution in [3.05, 3.63) is 47.4 Å². The molecule has 0 radical (unpaired) electrons. The van der Waals surface area contributed by atoms with E-state index in [2.05, 4.69) is 20.2 Å². The van der Waals surface area contributed by atoms with Gasteiger partial charge in [-0.15, -0.1) is 0 Å². The number of hydrogen-bond acceptors (Lipinski definition) is 7. The summed E-state index contributed by atoms with van der Waals surface area (Å²) in [6, 6.07) is 7.67. The number of benzene rings is 1. The van der Waals surface area contributed by atoms with Crippen LogP contribution in [0.1, 0.15) is 31.0 Å². The third-order valence-electron chi connectivity index (χ3n) is 6.24. The lowest BCUT2D eigenvalue weighted by atomic mass is 10.1. The van der Waals surface area contributed by atoms with Crippen molar-refractivity contribution in [2.24, 2.45) is 0 Å². The van der Waals surface area contributed by atoms with Crippen molar-refractivity contribution < 1.29 is 28.2 Å². The van der Waals surface area contributed by atoms with E-state index in [1.54, 1.807) is 0 Å². The average Bonchev–Trinajstić information content (AvgIpc) is 3.21. The molecule has 2 amide bonds. The van der Waals surface area contributed by atoms with Gasteiger partial charge in [-0.1, -0.05) is 24.3 Å². The SMILES string of the molecule is C[C@H](Nc1nc(F)cc(N2C(=O)OC[C@@H]2[C@H](C)F)n1)c1ccc(CN2CCN(C(=O)O)CC2)cc1. The van der Waals surface area contributed by atoms with Crippen LogP contribution >= 0.6 is 0 Å². The van der Waals surface area contributed by atoms with Gasteiger partial charge in [0.15, 0.2) is 0 Å². The number of cyclic esters (lactones) is 1. The number of nitrogens with one attached hydrogen (secondary N) is 1. The normalized spacial score (nSPS) is 20.5. The highest BCUT2D eigenvalue weighted by atomic mass is 19.1. The predicted octanol–water partition coefficient (Wildman–Crippen LogP) is 3.27. The van der Waals surface area contributed by atoms with Gasteiger partial charge in [0.2, 0.25) is 11.9 Å². The Kier molecular flexibility index (Phi) is 7.29. The number of amides is 2. The molecular weight excluding hydrogens is 462 g/mol. The van der Waals surface area contributed by atoms with Crippen LogP contribution in [0.5, 0.6) is 0 Å². The molecule has 12 heteroatoms. The summed E-state index contributed by atoms with van der Waals surface area (Å²) in [6.45, 7) is 6.08. The summed E-state index contributed by atoms with van der Waals surface area (Å²) < 4.78 is 33.1. The molecule has 3 heterocycles. The van der Waals surface area contributed by atoms with Gasteiger partial charge < -0.3 is 20.1 Å². The van der Waals surface area contributed by atoms with Gasteiger partial charge >= 0.3 is 12.2 Å². The Morgan fingerprint density at radius 1 is 1.20 bits per heavy atom. The molecule has 1 aromatic heterocycles. The van der Waals surface area contributed by atoms with E-state index < -0.39 is 30.3 Å². The standard InChI is InChI=1S/C23H28F2N6O4/c1-14(24)18-13-35-23(34)31(18)20-11-19(25)27-21(28-20)26-15(2)17-5-3-16(4-6-17)12-29-7-9-30(10-8-29)22(32)33/h3-6,11,14-15,18H,7-10,12-13H2,1-2H3,(H,32,33)(H,26,27,28)/t14-,15-,18+/m0/s1. The van der Waals surface area contributed by atoms with Gasteiger partial charge in [-0.3, -0.25) is 9.80 Å². The number of carbonyl (C=O) groups is 2. The summed E-state index contributed by atoms with van der Waals surface area (Å²) in [7, 11) is 0. The van der Waals surface area contributed by atoms with Crippen LogP contribution in [0.3, 0.4) is 0 Å². The Morgan fingerprint density at radius 2 is 1.89 bits per heavy atom. The number of halogens is 2. The van der Waals surface area contributed by atoms with E-state index in [1.807, 2.05) is 31.2 Å². The molecule has 188 valence electrons. The van der Waals surface area contributed by atoms with Gasteiger partial charge in [0.05, 0.1) is 6.04 Å². The monoisotopic (exact) mass is 490 g/mol. The molecule has 2 N–H and O–H groups in total. The molecule has 2 aliphatic rings. The lowest BCUT2D eigenvalue weighted by Crippen LogP contribution is -2.47. The van der Waals surface area contributed by atoms with E-state index in [0.29, 0.717) is 32.7 Å². The number of anilines is 2. The molecule has 2 aliphatic heterocycles. The van der Waals surface area contributed by atoms with Crippen molar-refractivity contribution >= 4 is 24.0 Å². The minimum atomic E-state index is -1.38. The number of piperazine rings is 1. The summed E-state index contributed by atoms with van der Waals surface area (Å²) in [5, 5.41) is 12.1. The Labute approximate surface area is 201 Å². The average molecular weight is 491 g/mol. The topological polar surface area (TPSA) is 111 Å². The van der Waals surface area contributed by atoms with Crippen LogP contribution in [-0.4, -0.2) is 82.1 Å². The maximum Gasteiger partial charge on any atom is 0.416 e. The third kappa shape index (κ3) is 5.76. The number of ether oxygens (including phenoxy) is 1. The quantitative estimate of drug-likeness (QED) is 0.569. The molecule has 35 heavy (non-hydrogen) atoms.